The standard InChI is InChI=1S/C18H30ClN2O/c1-4-22-18-9-17(19)6-5-16(18)13-21(11-14(2)3)8-7-15(10-20)12-21/h5-6,9,14-15H,4,7-8,10-13,20H2,1-3H3/q+1/t15-,21?/m0/s1. The van der Waals surface area contributed by atoms with Crippen molar-refractivity contribution in [2.45, 2.75) is 33.7 Å². The lowest BCUT2D eigenvalue weighted by molar-refractivity contribution is -0.933. The van der Waals surface area contributed by atoms with E-state index in [9.17, 15) is 0 Å². The molecule has 22 heavy (non-hydrogen) atoms. The Balaban J connectivity index is 2.24. The van der Waals surface area contributed by atoms with E-state index in [0.29, 0.717) is 18.4 Å². The molecule has 2 N–H and O–H groups in total. The second-order valence-electron chi connectivity index (χ2n) is 7.06. The van der Waals surface area contributed by atoms with Crippen LogP contribution in [0.1, 0.15) is 32.8 Å². The monoisotopic (exact) mass is 325 g/mol. The Morgan fingerprint density at radius 3 is 2.77 bits per heavy atom. The lowest BCUT2D eigenvalue weighted by atomic mass is 10.1. The zero-order valence-corrected chi connectivity index (χ0v) is 14.9. The minimum Gasteiger partial charge on any atom is -0.493 e. The van der Waals surface area contributed by atoms with Gasteiger partial charge < -0.3 is 15.0 Å². The number of benzene rings is 1. The summed E-state index contributed by atoms with van der Waals surface area (Å²) in [5.74, 6) is 2.27. The Kier molecular flexibility index (Phi) is 6.13. The van der Waals surface area contributed by atoms with Gasteiger partial charge in [-0.3, -0.25) is 0 Å². The Hall–Kier alpha value is -0.770. The van der Waals surface area contributed by atoms with E-state index >= 15 is 0 Å². The SMILES string of the molecule is CCOc1cc(Cl)ccc1C[N+]1(CC(C)C)CC[C@@H](CN)C1. The van der Waals surface area contributed by atoms with Crippen molar-refractivity contribution in [3.05, 3.63) is 28.8 Å². The molecule has 1 aliphatic heterocycles. The first-order valence-corrected chi connectivity index (χ1v) is 8.82. The van der Waals surface area contributed by atoms with Crippen molar-refractivity contribution in [3.63, 3.8) is 0 Å². The maximum Gasteiger partial charge on any atom is 0.129 e. The average Bonchev–Trinajstić information content (AvgIpc) is 2.85. The van der Waals surface area contributed by atoms with Crippen molar-refractivity contribution in [2.75, 3.05) is 32.8 Å². The van der Waals surface area contributed by atoms with Crippen molar-refractivity contribution in [3.8, 4) is 5.75 Å². The predicted octanol–water partition coefficient (Wildman–Crippen LogP) is 3.69. The summed E-state index contributed by atoms with van der Waals surface area (Å²) >= 11 is 6.13. The molecule has 2 rings (SSSR count). The Bertz CT molecular complexity index is 492. The van der Waals surface area contributed by atoms with Crippen LogP contribution < -0.4 is 10.5 Å². The molecule has 1 aromatic rings. The van der Waals surface area contributed by atoms with Gasteiger partial charge in [-0.25, -0.2) is 0 Å². The van der Waals surface area contributed by atoms with Crippen LogP contribution in [0.3, 0.4) is 0 Å². The van der Waals surface area contributed by atoms with Crippen LogP contribution >= 0.6 is 11.6 Å². The molecule has 0 radical (unpaired) electrons. The van der Waals surface area contributed by atoms with E-state index in [2.05, 4.69) is 19.9 Å². The Morgan fingerprint density at radius 1 is 1.41 bits per heavy atom. The number of nitrogens with zero attached hydrogens (tertiary/aromatic N) is 1. The highest BCUT2D eigenvalue weighted by Gasteiger charge is 2.38. The molecule has 0 spiro atoms. The van der Waals surface area contributed by atoms with E-state index < -0.39 is 0 Å². The lowest BCUT2D eigenvalue weighted by Crippen LogP contribution is -2.48. The minimum atomic E-state index is 0.654. The van der Waals surface area contributed by atoms with Crippen molar-refractivity contribution < 1.29 is 9.22 Å². The first-order chi connectivity index (χ1) is 10.5. The third-order valence-electron chi connectivity index (χ3n) is 4.58. The molecule has 0 amide bonds. The van der Waals surface area contributed by atoms with E-state index in [-0.39, 0.29) is 0 Å². The number of hydrogen-bond acceptors (Lipinski definition) is 2. The molecule has 0 aromatic heterocycles. The lowest BCUT2D eigenvalue weighted by Gasteiger charge is -2.37. The highest BCUT2D eigenvalue weighted by atomic mass is 35.5. The van der Waals surface area contributed by atoms with Crippen LogP contribution in [0.25, 0.3) is 0 Å². The molecule has 2 atom stereocenters. The fourth-order valence-corrected chi connectivity index (χ4v) is 4.00. The molecule has 1 aromatic carbocycles. The number of hydrogen-bond donors (Lipinski definition) is 1. The molecular weight excluding hydrogens is 296 g/mol. The highest BCUT2D eigenvalue weighted by molar-refractivity contribution is 6.30. The summed E-state index contributed by atoms with van der Waals surface area (Å²) in [6.07, 6.45) is 1.24. The van der Waals surface area contributed by atoms with Gasteiger partial charge in [0, 0.05) is 35.4 Å². The third-order valence-corrected chi connectivity index (χ3v) is 4.81. The summed E-state index contributed by atoms with van der Waals surface area (Å²) in [5.41, 5.74) is 7.19. The van der Waals surface area contributed by atoms with E-state index in [4.69, 9.17) is 22.1 Å². The number of halogens is 1. The largest absolute Gasteiger partial charge is 0.493 e. The molecule has 0 bridgehead atoms. The summed E-state index contributed by atoms with van der Waals surface area (Å²) in [7, 11) is 0. The topological polar surface area (TPSA) is 35.2 Å². The van der Waals surface area contributed by atoms with Crippen LogP contribution in [-0.2, 0) is 6.54 Å². The van der Waals surface area contributed by atoms with E-state index in [1.54, 1.807) is 0 Å². The van der Waals surface area contributed by atoms with Gasteiger partial charge in [-0.1, -0.05) is 25.4 Å². The number of ether oxygens (including phenoxy) is 1. The van der Waals surface area contributed by atoms with Crippen molar-refractivity contribution in [2.24, 2.45) is 17.6 Å². The first kappa shape index (κ1) is 17.6. The fraction of sp³-hybridized carbons (Fsp3) is 0.667. The molecule has 4 heteroatoms. The van der Waals surface area contributed by atoms with Gasteiger partial charge in [-0.15, -0.1) is 0 Å². The molecule has 1 saturated heterocycles. The number of quaternary nitrogens is 1. The quantitative estimate of drug-likeness (QED) is 0.776. The molecule has 0 aliphatic carbocycles. The summed E-state index contributed by atoms with van der Waals surface area (Å²) in [6.45, 7) is 12.7. The molecule has 3 nitrogen and oxygen atoms in total. The van der Waals surface area contributed by atoms with Crippen molar-refractivity contribution >= 4 is 11.6 Å². The molecule has 124 valence electrons. The second-order valence-corrected chi connectivity index (χ2v) is 7.49. The summed E-state index contributed by atoms with van der Waals surface area (Å²) in [6, 6.07) is 6.05. The summed E-state index contributed by atoms with van der Waals surface area (Å²) in [4.78, 5) is 0. The Labute approximate surface area is 140 Å². The van der Waals surface area contributed by atoms with Crippen molar-refractivity contribution in [1.82, 2.24) is 0 Å². The molecule has 1 fully saturated rings. The van der Waals surface area contributed by atoms with Crippen LogP contribution in [0.5, 0.6) is 5.75 Å². The highest BCUT2D eigenvalue weighted by Crippen LogP contribution is 2.32. The van der Waals surface area contributed by atoms with Crippen LogP contribution in [-0.4, -0.2) is 37.3 Å². The molecular formula is C18H30ClN2O+. The van der Waals surface area contributed by atoms with Gasteiger partial charge in [0.2, 0.25) is 0 Å². The molecule has 0 saturated carbocycles. The van der Waals surface area contributed by atoms with Gasteiger partial charge in [0.1, 0.15) is 12.3 Å². The van der Waals surface area contributed by atoms with Crippen LogP contribution in [0.15, 0.2) is 18.2 Å². The van der Waals surface area contributed by atoms with Crippen molar-refractivity contribution in [1.29, 1.82) is 0 Å². The number of rotatable bonds is 7. The van der Waals surface area contributed by atoms with E-state index in [1.807, 2.05) is 19.1 Å². The minimum absolute atomic E-state index is 0.654. The second kappa shape index (κ2) is 7.67. The summed E-state index contributed by atoms with van der Waals surface area (Å²) < 4.78 is 6.94. The van der Waals surface area contributed by atoms with Gasteiger partial charge in [0.15, 0.2) is 0 Å². The third kappa shape index (κ3) is 4.37. The van der Waals surface area contributed by atoms with Gasteiger partial charge in [0.05, 0.1) is 26.2 Å². The van der Waals surface area contributed by atoms with Crippen LogP contribution in [0.2, 0.25) is 5.02 Å². The fourth-order valence-electron chi connectivity index (χ4n) is 3.84. The Morgan fingerprint density at radius 2 is 2.18 bits per heavy atom. The van der Waals surface area contributed by atoms with E-state index in [1.165, 1.54) is 31.6 Å². The number of likely N-dealkylation sites (tertiary alicyclic amines) is 1. The average molecular weight is 326 g/mol. The maximum atomic E-state index is 6.13. The molecule has 1 aliphatic rings. The first-order valence-electron chi connectivity index (χ1n) is 8.44. The van der Waals surface area contributed by atoms with Crippen LogP contribution in [0, 0.1) is 11.8 Å². The zero-order chi connectivity index (χ0) is 16.2. The van der Waals surface area contributed by atoms with Gasteiger partial charge >= 0.3 is 0 Å². The smallest absolute Gasteiger partial charge is 0.129 e. The number of nitrogens with two attached hydrogens (primary N) is 1. The predicted molar refractivity (Wildman–Crippen MR) is 93.2 cm³/mol. The van der Waals surface area contributed by atoms with E-state index in [0.717, 1.165) is 28.3 Å². The maximum absolute atomic E-state index is 6.13. The molecule has 1 heterocycles. The van der Waals surface area contributed by atoms with Gasteiger partial charge in [-0.2, -0.15) is 0 Å². The zero-order valence-electron chi connectivity index (χ0n) is 14.1. The molecule has 1 unspecified atom stereocenters. The normalized spacial score (nSPS) is 24.9. The summed E-state index contributed by atoms with van der Waals surface area (Å²) in [5, 5.41) is 0.740. The van der Waals surface area contributed by atoms with Crippen LogP contribution in [0.4, 0.5) is 0 Å². The van der Waals surface area contributed by atoms with Gasteiger partial charge in [-0.05, 0) is 25.1 Å². The van der Waals surface area contributed by atoms with Gasteiger partial charge in [0.25, 0.3) is 0 Å².